The molecule has 1 fully saturated rings. The van der Waals surface area contributed by atoms with E-state index in [4.69, 9.17) is 9.47 Å². The number of ether oxygens (including phenoxy) is 2. The quantitative estimate of drug-likeness (QED) is 0.802. The number of carbonyl (C=O) groups is 1. The molecule has 0 spiro atoms. The largest absolute Gasteiger partial charge is 0.487 e. The molecule has 0 unspecified atom stereocenters. The molecule has 116 valence electrons. The van der Waals surface area contributed by atoms with Gasteiger partial charge in [0.05, 0.1) is 25.6 Å². The highest BCUT2D eigenvalue weighted by atomic mass is 16.5. The number of nitrogens with one attached hydrogen (secondary N) is 1. The van der Waals surface area contributed by atoms with E-state index in [0.29, 0.717) is 6.61 Å². The number of likely N-dealkylation sites (tertiary alicyclic amines) is 1. The summed E-state index contributed by atoms with van der Waals surface area (Å²) in [5.74, 6) is 1.05. The SMILES string of the molecule is CCOC(=O)C1CC[NH+](CCOc2ccccc2C)CC1. The third-order valence-electron chi connectivity index (χ3n) is 4.12. The van der Waals surface area contributed by atoms with Gasteiger partial charge in [-0.15, -0.1) is 0 Å². The number of piperidine rings is 1. The lowest BCUT2D eigenvalue weighted by Crippen LogP contribution is -3.13. The van der Waals surface area contributed by atoms with E-state index in [-0.39, 0.29) is 11.9 Å². The van der Waals surface area contributed by atoms with Gasteiger partial charge in [-0.25, -0.2) is 0 Å². The Kier molecular flexibility index (Phi) is 6.05. The van der Waals surface area contributed by atoms with Crippen molar-refractivity contribution >= 4 is 5.97 Å². The monoisotopic (exact) mass is 292 g/mol. The molecule has 0 radical (unpaired) electrons. The topological polar surface area (TPSA) is 40.0 Å². The van der Waals surface area contributed by atoms with Crippen LogP contribution in [0.15, 0.2) is 24.3 Å². The van der Waals surface area contributed by atoms with Gasteiger partial charge in [-0.05, 0) is 25.5 Å². The first-order valence-corrected chi connectivity index (χ1v) is 7.89. The van der Waals surface area contributed by atoms with E-state index in [1.54, 1.807) is 0 Å². The molecule has 0 bridgehead atoms. The lowest BCUT2D eigenvalue weighted by atomic mass is 9.97. The van der Waals surface area contributed by atoms with Crippen molar-refractivity contribution in [3.05, 3.63) is 29.8 Å². The van der Waals surface area contributed by atoms with E-state index < -0.39 is 0 Å². The summed E-state index contributed by atoms with van der Waals surface area (Å²) in [5, 5.41) is 0. The van der Waals surface area contributed by atoms with Crippen molar-refractivity contribution in [3.8, 4) is 5.75 Å². The Morgan fingerprint density at radius 1 is 1.29 bits per heavy atom. The Morgan fingerprint density at radius 2 is 2.00 bits per heavy atom. The van der Waals surface area contributed by atoms with Gasteiger partial charge in [0.2, 0.25) is 0 Å². The van der Waals surface area contributed by atoms with E-state index >= 15 is 0 Å². The molecule has 21 heavy (non-hydrogen) atoms. The zero-order chi connectivity index (χ0) is 15.1. The van der Waals surface area contributed by atoms with E-state index in [1.807, 2.05) is 25.1 Å². The molecule has 1 heterocycles. The van der Waals surface area contributed by atoms with Gasteiger partial charge in [0.1, 0.15) is 18.9 Å². The van der Waals surface area contributed by atoms with E-state index in [2.05, 4.69) is 13.0 Å². The standard InChI is InChI=1S/C17H25NO3/c1-3-20-17(19)15-8-10-18(11-9-15)12-13-21-16-7-5-4-6-14(16)2/h4-7,15H,3,8-13H2,1-2H3/p+1. The second-order valence-corrected chi connectivity index (χ2v) is 5.64. The lowest BCUT2D eigenvalue weighted by molar-refractivity contribution is -0.905. The van der Waals surface area contributed by atoms with Gasteiger partial charge < -0.3 is 14.4 Å². The Hall–Kier alpha value is -1.55. The number of hydrogen-bond donors (Lipinski definition) is 1. The van der Waals surface area contributed by atoms with Crippen LogP contribution in [-0.2, 0) is 9.53 Å². The van der Waals surface area contributed by atoms with E-state index in [1.165, 1.54) is 10.5 Å². The first kappa shape index (κ1) is 15.8. The Bertz CT molecular complexity index is 453. The van der Waals surface area contributed by atoms with Crippen molar-refractivity contribution in [1.82, 2.24) is 0 Å². The molecule has 0 aromatic heterocycles. The smallest absolute Gasteiger partial charge is 0.309 e. The average Bonchev–Trinajstić information content (AvgIpc) is 2.50. The van der Waals surface area contributed by atoms with Crippen molar-refractivity contribution in [2.75, 3.05) is 32.8 Å². The normalized spacial score (nSPS) is 21.8. The van der Waals surface area contributed by atoms with Crippen molar-refractivity contribution in [3.63, 3.8) is 0 Å². The van der Waals surface area contributed by atoms with Crippen LogP contribution in [0.25, 0.3) is 0 Å². The zero-order valence-electron chi connectivity index (χ0n) is 13.1. The Balaban J connectivity index is 1.67. The third-order valence-corrected chi connectivity index (χ3v) is 4.12. The maximum Gasteiger partial charge on any atom is 0.309 e. The van der Waals surface area contributed by atoms with Crippen molar-refractivity contribution < 1.29 is 19.2 Å². The number of carbonyl (C=O) groups excluding carboxylic acids is 1. The molecule has 0 aliphatic carbocycles. The molecular formula is C17H26NO3+. The summed E-state index contributed by atoms with van der Waals surface area (Å²) in [6.07, 6.45) is 1.86. The van der Waals surface area contributed by atoms with Crippen LogP contribution in [0.4, 0.5) is 0 Å². The maximum absolute atomic E-state index is 11.7. The lowest BCUT2D eigenvalue weighted by Gasteiger charge is -2.28. The minimum absolute atomic E-state index is 0.0206. The summed E-state index contributed by atoms with van der Waals surface area (Å²) >= 11 is 0. The highest BCUT2D eigenvalue weighted by Crippen LogP contribution is 2.15. The molecule has 4 nitrogen and oxygen atoms in total. The molecular weight excluding hydrogens is 266 g/mol. The maximum atomic E-state index is 11.7. The molecule has 4 heteroatoms. The van der Waals surface area contributed by atoms with Gasteiger partial charge in [-0.1, -0.05) is 18.2 Å². The minimum Gasteiger partial charge on any atom is -0.487 e. The fourth-order valence-corrected chi connectivity index (χ4v) is 2.80. The highest BCUT2D eigenvalue weighted by Gasteiger charge is 2.28. The number of aryl methyl sites for hydroxylation is 1. The van der Waals surface area contributed by atoms with E-state index in [9.17, 15) is 4.79 Å². The molecule has 2 rings (SSSR count). The predicted octanol–water partition coefficient (Wildman–Crippen LogP) is 1.23. The molecule has 0 saturated carbocycles. The van der Waals surface area contributed by atoms with Crippen LogP contribution < -0.4 is 9.64 Å². The Morgan fingerprint density at radius 3 is 2.67 bits per heavy atom. The molecule has 1 aliphatic heterocycles. The van der Waals surface area contributed by atoms with Crippen molar-refractivity contribution in [1.29, 1.82) is 0 Å². The molecule has 0 atom stereocenters. The van der Waals surface area contributed by atoms with Crippen LogP contribution >= 0.6 is 0 Å². The van der Waals surface area contributed by atoms with Crippen LogP contribution in [0, 0.1) is 12.8 Å². The van der Waals surface area contributed by atoms with Crippen LogP contribution in [0.1, 0.15) is 25.3 Å². The summed E-state index contributed by atoms with van der Waals surface area (Å²) in [6, 6.07) is 8.10. The van der Waals surface area contributed by atoms with Crippen molar-refractivity contribution in [2.45, 2.75) is 26.7 Å². The van der Waals surface area contributed by atoms with Crippen LogP contribution in [-0.4, -0.2) is 38.8 Å². The summed E-state index contributed by atoms with van der Waals surface area (Å²) in [6.45, 7) is 8.18. The van der Waals surface area contributed by atoms with Gasteiger partial charge in [0.15, 0.2) is 0 Å². The number of benzene rings is 1. The van der Waals surface area contributed by atoms with Gasteiger partial charge in [-0.3, -0.25) is 4.79 Å². The molecule has 1 saturated heterocycles. The zero-order valence-corrected chi connectivity index (χ0v) is 13.1. The minimum atomic E-state index is -0.0206. The average molecular weight is 292 g/mol. The molecule has 1 N–H and O–H groups in total. The van der Waals surface area contributed by atoms with Crippen LogP contribution in [0.5, 0.6) is 5.75 Å². The van der Waals surface area contributed by atoms with Gasteiger partial charge in [0.25, 0.3) is 0 Å². The fourth-order valence-electron chi connectivity index (χ4n) is 2.80. The van der Waals surface area contributed by atoms with E-state index in [0.717, 1.165) is 44.8 Å². The number of rotatable bonds is 6. The predicted molar refractivity (Wildman–Crippen MR) is 81.6 cm³/mol. The van der Waals surface area contributed by atoms with Gasteiger partial charge in [0, 0.05) is 12.8 Å². The number of esters is 1. The summed E-state index contributed by atoms with van der Waals surface area (Å²) in [4.78, 5) is 13.2. The second kappa shape index (κ2) is 8.03. The van der Waals surface area contributed by atoms with Gasteiger partial charge >= 0.3 is 5.97 Å². The number of para-hydroxylation sites is 1. The van der Waals surface area contributed by atoms with Crippen LogP contribution in [0.2, 0.25) is 0 Å². The summed E-state index contributed by atoms with van der Waals surface area (Å²) in [5.41, 5.74) is 1.17. The molecule has 1 aromatic rings. The molecule has 1 aromatic carbocycles. The van der Waals surface area contributed by atoms with Gasteiger partial charge in [-0.2, -0.15) is 0 Å². The number of hydrogen-bond acceptors (Lipinski definition) is 3. The second-order valence-electron chi connectivity index (χ2n) is 5.64. The van der Waals surface area contributed by atoms with Crippen LogP contribution in [0.3, 0.4) is 0 Å². The number of quaternary nitrogens is 1. The molecule has 0 amide bonds. The van der Waals surface area contributed by atoms with Crippen molar-refractivity contribution in [2.24, 2.45) is 5.92 Å². The fraction of sp³-hybridized carbons (Fsp3) is 0.588. The highest BCUT2D eigenvalue weighted by molar-refractivity contribution is 5.72. The first-order valence-electron chi connectivity index (χ1n) is 7.89. The first-order chi connectivity index (χ1) is 10.2. The third kappa shape index (κ3) is 4.74. The summed E-state index contributed by atoms with van der Waals surface area (Å²) < 4.78 is 10.9. The summed E-state index contributed by atoms with van der Waals surface area (Å²) in [7, 11) is 0. The Labute approximate surface area is 127 Å². The molecule has 1 aliphatic rings.